The van der Waals surface area contributed by atoms with Gasteiger partial charge in [-0.1, -0.05) is 18.2 Å². The zero-order valence-corrected chi connectivity index (χ0v) is 17.9. The van der Waals surface area contributed by atoms with Gasteiger partial charge in [0, 0.05) is 38.2 Å². The fourth-order valence-electron chi connectivity index (χ4n) is 4.56. The van der Waals surface area contributed by atoms with E-state index in [4.69, 9.17) is 4.74 Å². The van der Waals surface area contributed by atoms with E-state index in [0.717, 1.165) is 18.3 Å². The van der Waals surface area contributed by atoms with E-state index in [0.29, 0.717) is 56.8 Å². The first-order chi connectivity index (χ1) is 15.3. The van der Waals surface area contributed by atoms with Crippen molar-refractivity contribution in [3.8, 4) is 0 Å². The summed E-state index contributed by atoms with van der Waals surface area (Å²) in [6.45, 7) is 3.41. The van der Waals surface area contributed by atoms with Crippen molar-refractivity contribution in [1.82, 2.24) is 14.5 Å². The second-order valence-electron chi connectivity index (χ2n) is 8.40. The van der Waals surface area contributed by atoms with Gasteiger partial charge in [0.2, 0.25) is 0 Å². The SMILES string of the molecule is CCOC(=O)[C@@H]1CCCN(C(=O)c2cn3c(n2)CC[C@@H](c2cccc(C(F)(F)F)c2)C3)C1. The number of carbonyl (C=O) groups is 2. The van der Waals surface area contributed by atoms with Crippen LogP contribution in [-0.2, 0) is 28.7 Å². The second kappa shape index (κ2) is 8.96. The Morgan fingerprint density at radius 3 is 2.78 bits per heavy atom. The van der Waals surface area contributed by atoms with Gasteiger partial charge in [-0.15, -0.1) is 0 Å². The molecule has 0 radical (unpaired) electrons. The van der Waals surface area contributed by atoms with Gasteiger partial charge in [0.15, 0.2) is 0 Å². The predicted molar refractivity (Wildman–Crippen MR) is 110 cm³/mol. The summed E-state index contributed by atoms with van der Waals surface area (Å²) in [5, 5.41) is 0. The van der Waals surface area contributed by atoms with Crippen molar-refractivity contribution in [2.24, 2.45) is 5.92 Å². The maximum absolute atomic E-state index is 13.1. The normalized spacial score (nSPS) is 21.2. The van der Waals surface area contributed by atoms with Crippen molar-refractivity contribution in [2.45, 2.75) is 51.2 Å². The predicted octanol–water partition coefficient (Wildman–Crippen LogP) is 4.05. The maximum Gasteiger partial charge on any atom is 0.416 e. The van der Waals surface area contributed by atoms with Crippen LogP contribution in [0.15, 0.2) is 30.5 Å². The monoisotopic (exact) mass is 449 g/mol. The highest BCUT2D eigenvalue weighted by Gasteiger charge is 2.33. The quantitative estimate of drug-likeness (QED) is 0.661. The second-order valence-corrected chi connectivity index (χ2v) is 8.40. The number of hydrogen-bond donors (Lipinski definition) is 0. The highest BCUT2D eigenvalue weighted by molar-refractivity contribution is 5.92. The van der Waals surface area contributed by atoms with Crippen LogP contribution < -0.4 is 0 Å². The third-order valence-corrected chi connectivity index (χ3v) is 6.23. The summed E-state index contributed by atoms with van der Waals surface area (Å²) in [5.41, 5.74) is 0.304. The molecule has 0 saturated carbocycles. The van der Waals surface area contributed by atoms with E-state index >= 15 is 0 Å². The molecular weight excluding hydrogens is 423 g/mol. The van der Waals surface area contributed by atoms with Gasteiger partial charge in [-0.25, -0.2) is 4.98 Å². The molecule has 32 heavy (non-hydrogen) atoms. The van der Waals surface area contributed by atoms with E-state index in [-0.39, 0.29) is 23.7 Å². The molecule has 0 spiro atoms. The number of alkyl halides is 3. The van der Waals surface area contributed by atoms with Crippen molar-refractivity contribution in [1.29, 1.82) is 0 Å². The van der Waals surface area contributed by atoms with Crippen LogP contribution in [0.25, 0.3) is 0 Å². The summed E-state index contributed by atoms with van der Waals surface area (Å²) in [6, 6.07) is 5.44. The molecule has 0 N–H and O–H groups in total. The summed E-state index contributed by atoms with van der Waals surface area (Å²) < 4.78 is 46.2. The lowest BCUT2D eigenvalue weighted by Gasteiger charge is -2.31. The Morgan fingerprint density at radius 2 is 2.03 bits per heavy atom. The number of hydrogen-bond acceptors (Lipinski definition) is 4. The largest absolute Gasteiger partial charge is 0.466 e. The van der Waals surface area contributed by atoms with Gasteiger partial charge in [0.25, 0.3) is 5.91 Å². The van der Waals surface area contributed by atoms with Crippen LogP contribution in [0.4, 0.5) is 13.2 Å². The fraction of sp³-hybridized carbons (Fsp3) is 0.522. The molecule has 4 rings (SSSR count). The minimum Gasteiger partial charge on any atom is -0.466 e. The average molecular weight is 449 g/mol. The highest BCUT2D eigenvalue weighted by atomic mass is 19.4. The summed E-state index contributed by atoms with van der Waals surface area (Å²) in [5.74, 6) is -0.148. The van der Waals surface area contributed by atoms with Crippen molar-refractivity contribution in [2.75, 3.05) is 19.7 Å². The molecule has 0 aliphatic carbocycles. The molecule has 2 aliphatic rings. The van der Waals surface area contributed by atoms with Gasteiger partial charge in [0.1, 0.15) is 11.5 Å². The van der Waals surface area contributed by atoms with Gasteiger partial charge in [0.05, 0.1) is 18.1 Å². The van der Waals surface area contributed by atoms with Crippen LogP contribution in [-0.4, -0.2) is 46.0 Å². The minimum atomic E-state index is -4.37. The molecule has 1 saturated heterocycles. The third kappa shape index (κ3) is 4.66. The lowest BCUT2D eigenvalue weighted by atomic mass is 9.90. The lowest BCUT2D eigenvalue weighted by Crippen LogP contribution is -2.43. The van der Waals surface area contributed by atoms with Gasteiger partial charge < -0.3 is 14.2 Å². The number of piperidine rings is 1. The van der Waals surface area contributed by atoms with E-state index in [1.165, 1.54) is 12.1 Å². The Morgan fingerprint density at radius 1 is 1.22 bits per heavy atom. The molecule has 6 nitrogen and oxygen atoms in total. The number of imidazole rings is 1. The molecular formula is C23H26F3N3O3. The number of carbonyl (C=O) groups excluding carboxylic acids is 2. The first-order valence-corrected chi connectivity index (χ1v) is 11.0. The van der Waals surface area contributed by atoms with Crippen molar-refractivity contribution >= 4 is 11.9 Å². The van der Waals surface area contributed by atoms with Gasteiger partial charge >= 0.3 is 12.1 Å². The Kier molecular flexibility index (Phi) is 6.26. The Bertz CT molecular complexity index is 1000. The van der Waals surface area contributed by atoms with E-state index < -0.39 is 11.7 Å². The Hall–Kier alpha value is -2.84. The number of benzene rings is 1. The van der Waals surface area contributed by atoms with Crippen LogP contribution in [0, 0.1) is 5.92 Å². The first-order valence-electron chi connectivity index (χ1n) is 11.0. The smallest absolute Gasteiger partial charge is 0.416 e. The number of aromatic nitrogens is 2. The minimum absolute atomic E-state index is 0.0786. The standard InChI is InChI=1S/C23H26F3N3O3/c1-2-32-22(31)17-6-4-10-28(13-17)21(30)19-14-29-12-16(8-9-20(29)27-19)15-5-3-7-18(11-15)23(24,25)26/h3,5,7,11,14,16-17H,2,4,6,8-10,12-13H2,1H3/t16-,17-/m1/s1. The number of fused-ring (bicyclic) bond motifs is 1. The number of amides is 1. The van der Waals surface area contributed by atoms with Crippen molar-refractivity contribution in [3.05, 3.63) is 53.1 Å². The average Bonchev–Trinajstić information content (AvgIpc) is 3.22. The maximum atomic E-state index is 13.1. The zero-order chi connectivity index (χ0) is 22.9. The number of halogens is 3. The van der Waals surface area contributed by atoms with Crippen LogP contribution in [0.5, 0.6) is 0 Å². The molecule has 9 heteroatoms. The highest BCUT2D eigenvalue weighted by Crippen LogP contribution is 2.34. The number of ether oxygens (including phenoxy) is 1. The van der Waals surface area contributed by atoms with E-state index in [1.807, 2.05) is 4.57 Å². The first kappa shape index (κ1) is 22.4. The van der Waals surface area contributed by atoms with E-state index in [1.54, 1.807) is 24.1 Å². The molecule has 3 heterocycles. The number of rotatable bonds is 4. The van der Waals surface area contributed by atoms with Crippen LogP contribution in [0.1, 0.15) is 59.5 Å². The summed E-state index contributed by atoms with van der Waals surface area (Å²) in [7, 11) is 0. The van der Waals surface area contributed by atoms with Crippen molar-refractivity contribution < 1.29 is 27.5 Å². The van der Waals surface area contributed by atoms with Crippen LogP contribution in [0.3, 0.4) is 0 Å². The molecule has 0 unspecified atom stereocenters. The van der Waals surface area contributed by atoms with Crippen LogP contribution >= 0.6 is 0 Å². The Balaban J connectivity index is 1.47. The van der Waals surface area contributed by atoms with E-state index in [9.17, 15) is 22.8 Å². The topological polar surface area (TPSA) is 64.4 Å². The number of nitrogens with zero attached hydrogens (tertiary/aromatic N) is 3. The lowest BCUT2D eigenvalue weighted by molar-refractivity contribution is -0.149. The molecule has 2 atom stereocenters. The third-order valence-electron chi connectivity index (χ3n) is 6.23. The molecule has 0 bridgehead atoms. The molecule has 1 fully saturated rings. The molecule has 1 amide bonds. The number of likely N-dealkylation sites (tertiary alicyclic amines) is 1. The van der Waals surface area contributed by atoms with Crippen LogP contribution in [0.2, 0.25) is 0 Å². The Labute approximate surface area is 184 Å². The molecule has 1 aromatic carbocycles. The van der Waals surface area contributed by atoms with Gasteiger partial charge in [-0.3, -0.25) is 9.59 Å². The molecule has 172 valence electrons. The molecule has 2 aliphatic heterocycles. The summed E-state index contributed by atoms with van der Waals surface area (Å²) in [6.07, 6.45) is -0.0205. The zero-order valence-electron chi connectivity index (χ0n) is 17.9. The van der Waals surface area contributed by atoms with Crippen molar-refractivity contribution in [3.63, 3.8) is 0 Å². The molecule has 1 aromatic heterocycles. The number of aryl methyl sites for hydroxylation is 1. The summed E-state index contributed by atoms with van der Waals surface area (Å²) in [4.78, 5) is 31.2. The van der Waals surface area contributed by atoms with Gasteiger partial charge in [-0.05, 0) is 37.8 Å². The summed E-state index contributed by atoms with van der Waals surface area (Å²) >= 11 is 0. The van der Waals surface area contributed by atoms with Gasteiger partial charge in [-0.2, -0.15) is 13.2 Å². The van der Waals surface area contributed by atoms with E-state index in [2.05, 4.69) is 4.98 Å². The fourth-order valence-corrected chi connectivity index (χ4v) is 4.56. The number of esters is 1. The molecule has 2 aromatic rings.